The predicted molar refractivity (Wildman–Crippen MR) is 110 cm³/mol. The molecule has 0 bridgehead atoms. The van der Waals surface area contributed by atoms with Gasteiger partial charge in [-0.1, -0.05) is 0 Å². The van der Waals surface area contributed by atoms with Crippen LogP contribution in [-0.2, 0) is 0 Å². The maximum atomic E-state index is 9.44. The van der Waals surface area contributed by atoms with Crippen molar-refractivity contribution in [1.29, 1.82) is 5.26 Å². The average molecular weight is 459 g/mol. The van der Waals surface area contributed by atoms with Crippen LogP contribution in [0.2, 0.25) is 0 Å². The number of methoxy groups -OCH3 is 1. The molecule has 2 aromatic carbocycles. The highest BCUT2D eigenvalue weighted by Gasteiger charge is 2.09. The highest BCUT2D eigenvalue weighted by Crippen LogP contribution is 2.27. The molecule has 0 radical (unpaired) electrons. The average Bonchev–Trinajstić information content (AvgIpc) is 3.14. The van der Waals surface area contributed by atoms with Crippen LogP contribution in [0, 0.1) is 14.9 Å². The number of thiazole rings is 1. The molecule has 0 aliphatic carbocycles. The zero-order valence-electron chi connectivity index (χ0n) is 13.4. The van der Waals surface area contributed by atoms with Gasteiger partial charge >= 0.3 is 0 Å². The summed E-state index contributed by atoms with van der Waals surface area (Å²) < 4.78 is 6.33. The Labute approximate surface area is 163 Å². The zero-order valence-corrected chi connectivity index (χ0v) is 16.3. The molecule has 1 aromatic heterocycles. The first-order valence-electron chi connectivity index (χ1n) is 7.42. The van der Waals surface area contributed by atoms with Crippen molar-refractivity contribution in [2.24, 2.45) is 0 Å². The number of hydrogen-bond donors (Lipinski definition) is 1. The van der Waals surface area contributed by atoms with Gasteiger partial charge in [0.2, 0.25) is 0 Å². The first-order chi connectivity index (χ1) is 12.2. The Kier molecular flexibility index (Phi) is 5.68. The highest BCUT2D eigenvalue weighted by molar-refractivity contribution is 14.1. The molecule has 0 unspecified atom stereocenters. The maximum Gasteiger partial charge on any atom is 0.136 e. The summed E-state index contributed by atoms with van der Waals surface area (Å²) in [6.45, 7) is 0. The lowest BCUT2D eigenvalue weighted by Crippen LogP contribution is -1.91. The smallest absolute Gasteiger partial charge is 0.136 e. The minimum absolute atomic E-state index is 0.503. The molecule has 1 heterocycles. The number of benzene rings is 2. The van der Waals surface area contributed by atoms with E-state index in [9.17, 15) is 5.26 Å². The molecule has 0 spiro atoms. The summed E-state index contributed by atoms with van der Waals surface area (Å²) in [5.41, 5.74) is 3.27. The molecule has 0 saturated heterocycles. The van der Waals surface area contributed by atoms with Crippen molar-refractivity contribution < 1.29 is 4.74 Å². The summed E-state index contributed by atoms with van der Waals surface area (Å²) in [6, 6.07) is 17.9. The zero-order chi connectivity index (χ0) is 17.6. The molecule has 0 amide bonds. The summed E-state index contributed by atoms with van der Waals surface area (Å²) >= 11 is 3.71. The van der Waals surface area contributed by atoms with Crippen LogP contribution in [0.25, 0.3) is 16.8 Å². The number of nitrogens with one attached hydrogen (secondary N) is 1. The van der Waals surface area contributed by atoms with Crippen molar-refractivity contribution in [3.05, 3.63) is 68.7 Å². The molecular weight excluding hydrogens is 445 g/mol. The van der Waals surface area contributed by atoms with Gasteiger partial charge in [-0.2, -0.15) is 5.26 Å². The Morgan fingerprint density at radius 3 is 2.56 bits per heavy atom. The number of aromatic nitrogens is 1. The number of hydrogen-bond acceptors (Lipinski definition) is 5. The third-order valence-electron chi connectivity index (χ3n) is 3.47. The van der Waals surface area contributed by atoms with Gasteiger partial charge in [-0.3, -0.25) is 0 Å². The van der Waals surface area contributed by atoms with Crippen LogP contribution < -0.4 is 10.1 Å². The number of allylic oxidation sites excluding steroid dienone is 1. The number of rotatable bonds is 5. The van der Waals surface area contributed by atoms with Crippen LogP contribution in [0.5, 0.6) is 5.75 Å². The first-order valence-corrected chi connectivity index (χ1v) is 9.38. The second-order valence-corrected chi connectivity index (χ2v) is 7.19. The van der Waals surface area contributed by atoms with Crippen molar-refractivity contribution in [2.75, 3.05) is 12.4 Å². The lowest BCUT2D eigenvalue weighted by atomic mass is 10.2. The normalized spacial score (nSPS) is 11.0. The van der Waals surface area contributed by atoms with E-state index in [1.807, 2.05) is 53.9 Å². The lowest BCUT2D eigenvalue weighted by molar-refractivity contribution is 0.415. The first kappa shape index (κ1) is 17.5. The van der Waals surface area contributed by atoms with Crippen LogP contribution in [0.15, 0.2) is 60.1 Å². The van der Waals surface area contributed by atoms with Crippen molar-refractivity contribution in [2.45, 2.75) is 0 Å². The van der Waals surface area contributed by atoms with Gasteiger partial charge in [0.05, 0.1) is 12.8 Å². The molecule has 0 atom stereocenters. The SMILES string of the molecule is COc1ccc(-c2csc(C(C#N)=CNc3ccc(I)cc3)n2)cc1. The van der Waals surface area contributed by atoms with E-state index in [1.165, 1.54) is 11.3 Å². The fourth-order valence-electron chi connectivity index (χ4n) is 2.14. The lowest BCUT2D eigenvalue weighted by Gasteiger charge is -2.02. The Hall–Kier alpha value is -2.37. The molecule has 0 aliphatic heterocycles. The molecular formula is C19H14IN3OS. The van der Waals surface area contributed by atoms with E-state index in [0.717, 1.165) is 26.3 Å². The minimum Gasteiger partial charge on any atom is -0.497 e. The standard InChI is InChI=1S/C19H14IN3OS/c1-24-17-8-2-13(3-9-17)18-12-25-19(23-18)14(10-21)11-22-16-6-4-15(20)5-7-16/h2-9,11-12,22H,1H3. The molecule has 3 rings (SSSR count). The van der Waals surface area contributed by atoms with Gasteiger partial charge in [-0.15, -0.1) is 11.3 Å². The Balaban J connectivity index is 1.79. The van der Waals surface area contributed by atoms with Crippen LogP contribution in [0.4, 0.5) is 5.69 Å². The van der Waals surface area contributed by atoms with E-state index in [1.54, 1.807) is 13.3 Å². The Morgan fingerprint density at radius 1 is 1.20 bits per heavy atom. The number of ether oxygens (including phenoxy) is 1. The van der Waals surface area contributed by atoms with Crippen molar-refractivity contribution in [3.8, 4) is 23.1 Å². The third-order valence-corrected chi connectivity index (χ3v) is 5.06. The highest BCUT2D eigenvalue weighted by atomic mass is 127. The van der Waals surface area contributed by atoms with Crippen LogP contribution in [0.3, 0.4) is 0 Å². The van der Waals surface area contributed by atoms with Crippen molar-refractivity contribution >= 4 is 45.2 Å². The van der Waals surface area contributed by atoms with E-state index in [-0.39, 0.29) is 0 Å². The Morgan fingerprint density at radius 2 is 1.92 bits per heavy atom. The summed E-state index contributed by atoms with van der Waals surface area (Å²) in [5.74, 6) is 0.804. The second kappa shape index (κ2) is 8.14. The van der Waals surface area contributed by atoms with Gasteiger partial charge in [-0.05, 0) is 71.1 Å². The van der Waals surface area contributed by atoms with E-state index in [2.05, 4.69) is 39.0 Å². The van der Waals surface area contributed by atoms with Crippen molar-refractivity contribution in [3.63, 3.8) is 0 Å². The number of halogens is 1. The number of nitriles is 1. The fourth-order valence-corrected chi connectivity index (χ4v) is 3.29. The van der Waals surface area contributed by atoms with Crippen LogP contribution >= 0.6 is 33.9 Å². The molecule has 0 saturated carbocycles. The molecule has 4 nitrogen and oxygen atoms in total. The van der Waals surface area contributed by atoms with Gasteiger partial charge in [0.1, 0.15) is 22.4 Å². The predicted octanol–water partition coefficient (Wildman–Crippen LogP) is 5.40. The van der Waals surface area contributed by atoms with Gasteiger partial charge in [0, 0.05) is 26.4 Å². The topological polar surface area (TPSA) is 57.9 Å². The molecule has 3 aromatic rings. The molecule has 124 valence electrons. The molecule has 0 fully saturated rings. The summed E-state index contributed by atoms with van der Waals surface area (Å²) in [7, 11) is 1.64. The maximum absolute atomic E-state index is 9.44. The van der Waals surface area contributed by atoms with Crippen molar-refractivity contribution in [1.82, 2.24) is 4.98 Å². The van der Waals surface area contributed by atoms with Gasteiger partial charge < -0.3 is 10.1 Å². The van der Waals surface area contributed by atoms with E-state index in [0.29, 0.717) is 10.6 Å². The van der Waals surface area contributed by atoms with E-state index in [4.69, 9.17) is 4.74 Å². The monoisotopic (exact) mass is 459 g/mol. The third kappa shape index (κ3) is 4.38. The largest absolute Gasteiger partial charge is 0.497 e. The fraction of sp³-hybridized carbons (Fsp3) is 0.0526. The summed E-state index contributed by atoms with van der Waals surface area (Å²) in [5, 5.41) is 15.2. The molecule has 25 heavy (non-hydrogen) atoms. The Bertz CT molecular complexity index is 925. The van der Waals surface area contributed by atoms with Crippen LogP contribution in [-0.4, -0.2) is 12.1 Å². The molecule has 1 N–H and O–H groups in total. The summed E-state index contributed by atoms with van der Waals surface area (Å²) in [4.78, 5) is 4.58. The second-order valence-electron chi connectivity index (χ2n) is 5.09. The molecule has 0 aliphatic rings. The number of nitrogens with zero attached hydrogens (tertiary/aromatic N) is 2. The number of anilines is 1. The van der Waals surface area contributed by atoms with Gasteiger partial charge in [0.25, 0.3) is 0 Å². The van der Waals surface area contributed by atoms with E-state index >= 15 is 0 Å². The van der Waals surface area contributed by atoms with Gasteiger partial charge in [0.15, 0.2) is 0 Å². The minimum atomic E-state index is 0.503. The quantitative estimate of drug-likeness (QED) is 0.410. The molecule has 6 heteroatoms. The summed E-state index contributed by atoms with van der Waals surface area (Å²) in [6.07, 6.45) is 1.69. The van der Waals surface area contributed by atoms with Crippen LogP contribution in [0.1, 0.15) is 5.01 Å². The van der Waals surface area contributed by atoms with Gasteiger partial charge in [-0.25, -0.2) is 4.98 Å². The van der Waals surface area contributed by atoms with E-state index < -0.39 is 0 Å².